The number of halogens is 4. The molecule has 0 aliphatic carbocycles. The van der Waals surface area contributed by atoms with Crippen molar-refractivity contribution >= 4 is 67.7 Å². The molecule has 113 heavy (non-hydrogen) atoms. The zero-order chi connectivity index (χ0) is 82.5. The topological polar surface area (TPSA) is 498 Å². The molecule has 0 aromatic heterocycles. The number of carbonyl (C=O) groups is 4. The maximum atomic E-state index is 14.9. The van der Waals surface area contributed by atoms with Gasteiger partial charge >= 0.3 is 0 Å². The highest BCUT2D eigenvalue weighted by Gasteiger charge is 2.37. The first-order chi connectivity index (χ1) is 54.2. The van der Waals surface area contributed by atoms with Gasteiger partial charge in [0, 0.05) is 43.9 Å². The standard InChI is InChI=1S/C72H104F4N10O25S2/c1-52(67(88)85-70(79)80)45-54-47-60(73)65(61(74)48-54)110-56-3-7-58(8-4-56)112(91,92)83-14-19-98-24-29-101-27-22-96-17-12-72(69(78)90,51-109-44-43-108-42-41-107-40-39-106-38-37-105-36-35-104-34-33-103-32-31-100-26-21-95-16-11-64(77)87)13-18-97-23-28-102-30-25-99-20-15-84-113(93,94)59-9-5-57(6-10-59)111-66-62(75)49-55(50-63(66)76)46-53(2)68(89)86-71(81)82/h3-10,45-50,83-84H,11-44,51H2,1-2H3,(H2,77,87)(H2,78,90)(H4,79,80,85,88)(H4,81,82,86,89)/b52-45+,53-46+. The molecular weight excluding hydrogens is 1540 g/mol. The van der Waals surface area contributed by atoms with Gasteiger partial charge in [0.05, 0.1) is 200 Å². The Labute approximate surface area is 653 Å². The Hall–Kier alpha value is -8.28. The largest absolute Gasteiger partial charge is 0.451 e. The van der Waals surface area contributed by atoms with Gasteiger partial charge < -0.3 is 115 Å². The highest BCUT2D eigenvalue weighted by molar-refractivity contribution is 7.89. The molecule has 0 saturated carbocycles. The molecule has 4 aromatic rings. The van der Waals surface area contributed by atoms with Crippen LogP contribution in [0.15, 0.2) is 104 Å². The Morgan fingerprint density at radius 3 is 0.903 bits per heavy atom. The molecule has 14 N–H and O–H groups in total. The predicted molar refractivity (Wildman–Crippen MR) is 402 cm³/mol. The van der Waals surface area contributed by atoms with Crippen molar-refractivity contribution in [2.75, 3.05) is 211 Å². The molecule has 0 saturated heterocycles. The number of benzene rings is 4. The molecule has 4 amide bonds. The number of amides is 4. The van der Waals surface area contributed by atoms with E-state index in [0.717, 1.165) is 24.3 Å². The van der Waals surface area contributed by atoms with Crippen molar-refractivity contribution in [3.05, 3.63) is 118 Å². The monoisotopic (exact) mass is 1650 g/mol. The average molecular weight is 1650 g/mol. The minimum atomic E-state index is -4.03. The van der Waals surface area contributed by atoms with Crippen molar-refractivity contribution in [1.82, 2.24) is 9.44 Å². The summed E-state index contributed by atoms with van der Waals surface area (Å²) in [5.41, 5.74) is 30.7. The number of hydrogen-bond donors (Lipinski definition) is 8. The maximum absolute atomic E-state index is 14.9. The number of ether oxygens (including phenoxy) is 17. The number of rotatable bonds is 66. The van der Waals surface area contributed by atoms with E-state index in [1.54, 1.807) is 0 Å². The third-order valence-electron chi connectivity index (χ3n) is 15.0. The molecule has 0 unspecified atom stereocenters. The summed E-state index contributed by atoms with van der Waals surface area (Å²) in [4.78, 5) is 54.3. The summed E-state index contributed by atoms with van der Waals surface area (Å²) in [6, 6.07) is 13.3. The molecule has 0 atom stereocenters. The minimum Gasteiger partial charge on any atom is -0.451 e. The fourth-order valence-electron chi connectivity index (χ4n) is 9.23. The summed E-state index contributed by atoms with van der Waals surface area (Å²) in [7, 11) is -8.07. The van der Waals surface area contributed by atoms with Crippen LogP contribution in [0.25, 0.3) is 12.2 Å². The molecule has 0 heterocycles. The van der Waals surface area contributed by atoms with Crippen LogP contribution in [-0.2, 0) is 110 Å². The zero-order valence-corrected chi connectivity index (χ0v) is 64.9. The van der Waals surface area contributed by atoms with Crippen LogP contribution in [0.1, 0.15) is 44.2 Å². The normalized spacial score (nSPS) is 12.1. The van der Waals surface area contributed by atoms with Crippen molar-refractivity contribution in [2.24, 2.45) is 49.8 Å². The first-order valence-electron chi connectivity index (χ1n) is 35.6. The van der Waals surface area contributed by atoms with Gasteiger partial charge in [-0.3, -0.25) is 19.2 Å². The van der Waals surface area contributed by atoms with Gasteiger partial charge in [0.25, 0.3) is 11.8 Å². The van der Waals surface area contributed by atoms with E-state index >= 15 is 0 Å². The second kappa shape index (κ2) is 56.1. The second-order valence-corrected chi connectivity index (χ2v) is 27.4. The van der Waals surface area contributed by atoms with Crippen molar-refractivity contribution < 1.29 is 134 Å². The lowest BCUT2D eigenvalue weighted by molar-refractivity contribution is -0.136. The summed E-state index contributed by atoms with van der Waals surface area (Å²) < 4.78 is 211. The van der Waals surface area contributed by atoms with E-state index < -0.39 is 95.8 Å². The molecule has 0 aliphatic rings. The van der Waals surface area contributed by atoms with Crippen molar-refractivity contribution in [3.63, 3.8) is 0 Å². The van der Waals surface area contributed by atoms with Gasteiger partial charge in [-0.1, -0.05) is 0 Å². The summed E-state index contributed by atoms with van der Waals surface area (Å²) in [6.45, 7) is 9.35. The van der Waals surface area contributed by atoms with E-state index in [1.807, 2.05) is 0 Å². The van der Waals surface area contributed by atoms with Crippen LogP contribution in [0.5, 0.6) is 23.0 Å². The van der Waals surface area contributed by atoms with Gasteiger partial charge in [-0.25, -0.2) is 43.8 Å². The number of guanidine groups is 2. The lowest BCUT2D eigenvalue weighted by Gasteiger charge is -2.30. The molecule has 0 bridgehead atoms. The Bertz CT molecular complexity index is 3600. The van der Waals surface area contributed by atoms with Gasteiger partial charge in [0.15, 0.2) is 46.7 Å². The van der Waals surface area contributed by atoms with Gasteiger partial charge in [-0.2, -0.15) is 9.98 Å². The van der Waals surface area contributed by atoms with E-state index in [0.29, 0.717) is 85.9 Å². The van der Waals surface area contributed by atoms with Gasteiger partial charge in [0.1, 0.15) is 11.5 Å². The fourth-order valence-corrected chi connectivity index (χ4v) is 11.3. The lowest BCUT2D eigenvalue weighted by atomic mass is 9.81. The number of sulfonamides is 2. The van der Waals surface area contributed by atoms with Crippen LogP contribution in [-0.4, -0.2) is 264 Å². The highest BCUT2D eigenvalue weighted by atomic mass is 32.2. The molecule has 35 nitrogen and oxygen atoms in total. The zero-order valence-electron chi connectivity index (χ0n) is 63.2. The van der Waals surface area contributed by atoms with Gasteiger partial charge in [-0.15, -0.1) is 0 Å². The molecule has 0 spiro atoms. The van der Waals surface area contributed by atoms with Gasteiger partial charge in [-0.05, 0) is 123 Å². The quantitative estimate of drug-likeness (QED) is 0.0104. The Morgan fingerprint density at radius 2 is 0.637 bits per heavy atom. The molecule has 4 aromatic carbocycles. The summed E-state index contributed by atoms with van der Waals surface area (Å²) in [5, 5.41) is 0. The maximum Gasteiger partial charge on any atom is 0.275 e. The Morgan fingerprint density at radius 1 is 0.381 bits per heavy atom. The Kier molecular flexibility index (Phi) is 48.2. The van der Waals surface area contributed by atoms with Crippen molar-refractivity contribution in [3.8, 4) is 23.0 Å². The first-order valence-corrected chi connectivity index (χ1v) is 38.6. The number of carbonyl (C=O) groups excluding carboxylic acids is 4. The fraction of sp³-hybridized carbons (Fsp3) is 0.528. The minimum absolute atomic E-state index is 0.00549. The summed E-state index contributed by atoms with van der Waals surface area (Å²) >= 11 is 0. The van der Waals surface area contributed by atoms with E-state index in [4.69, 9.17) is 115 Å². The van der Waals surface area contributed by atoms with Crippen molar-refractivity contribution in [2.45, 2.75) is 42.9 Å². The molecular formula is C72H104F4N10O25S2. The number of primary amides is 2. The Balaban J connectivity index is 1.11. The van der Waals surface area contributed by atoms with Crippen molar-refractivity contribution in [1.29, 1.82) is 0 Å². The molecule has 0 radical (unpaired) electrons. The van der Waals surface area contributed by atoms with E-state index in [9.17, 15) is 53.6 Å². The second-order valence-electron chi connectivity index (χ2n) is 23.9. The van der Waals surface area contributed by atoms with Crippen LogP contribution < -0.4 is 53.3 Å². The third-order valence-corrected chi connectivity index (χ3v) is 18.0. The molecule has 0 aliphatic heterocycles. The van der Waals surface area contributed by atoms with Crippen LogP contribution >= 0.6 is 0 Å². The molecule has 41 heteroatoms. The van der Waals surface area contributed by atoms with E-state index in [-0.39, 0.29) is 188 Å². The smallest absolute Gasteiger partial charge is 0.275 e. The van der Waals surface area contributed by atoms with E-state index in [1.165, 1.54) is 74.5 Å². The number of hydrogen-bond acceptors (Lipinski definition) is 25. The predicted octanol–water partition coefficient (Wildman–Crippen LogP) is 2.87. The lowest BCUT2D eigenvalue weighted by Crippen LogP contribution is -2.43. The van der Waals surface area contributed by atoms with Crippen LogP contribution in [0, 0.1) is 28.7 Å². The number of aliphatic imine (C=N–C) groups is 2. The average Bonchev–Trinajstić information content (AvgIpc) is 0.845. The number of nitrogens with zero attached hydrogens (tertiary/aromatic N) is 2. The van der Waals surface area contributed by atoms with Gasteiger partial charge in [0.2, 0.25) is 31.9 Å². The van der Waals surface area contributed by atoms with Crippen LogP contribution in [0.3, 0.4) is 0 Å². The third kappa shape index (κ3) is 42.1. The van der Waals surface area contributed by atoms with E-state index in [2.05, 4.69) is 19.4 Å². The van der Waals surface area contributed by atoms with Crippen LogP contribution in [0.2, 0.25) is 0 Å². The highest BCUT2D eigenvalue weighted by Crippen LogP contribution is 2.33. The summed E-state index contributed by atoms with van der Waals surface area (Å²) in [5.74, 6) is -9.68. The number of nitrogens with one attached hydrogen (secondary N) is 2. The summed E-state index contributed by atoms with van der Waals surface area (Å²) in [6.07, 6.45) is 2.84. The first kappa shape index (κ1) is 97.1. The molecule has 4 rings (SSSR count). The molecule has 632 valence electrons. The number of nitrogens with two attached hydrogens (primary N) is 6. The van der Waals surface area contributed by atoms with Crippen LogP contribution in [0.4, 0.5) is 17.6 Å². The SMILES string of the molecule is C/C(=C\c1cc(F)c(Oc2ccc(S(=O)(=O)NCCOCCOCCOCCC(CCOCCOCCOCCNS(=O)(=O)c3ccc(Oc4c(F)cc(/C=C(\C)C(=O)N=C(N)N)cc4F)cc3)(COCCOCCOCCOCCOCCOCCOCCOCCOCCC(N)=O)C(N)=O)cc2)c(F)c1)C(=O)N=C(N)N. The molecule has 0 fully saturated rings.